The molecule has 2 heteroatoms. The maximum atomic E-state index is 12.3. The fourth-order valence-electron chi connectivity index (χ4n) is 3.13. The summed E-state index contributed by atoms with van der Waals surface area (Å²) in [5, 5.41) is 6.79. The van der Waals surface area contributed by atoms with Crippen LogP contribution in [-0.4, -0.2) is 12.6 Å². The van der Waals surface area contributed by atoms with Crippen molar-refractivity contribution in [2.75, 3.05) is 6.61 Å². The van der Waals surface area contributed by atoms with Crippen LogP contribution in [0.25, 0.3) is 32.3 Å². The molecular formula is C20H14O2. The second kappa shape index (κ2) is 4.85. The van der Waals surface area contributed by atoms with Crippen molar-refractivity contribution in [1.82, 2.24) is 0 Å². The van der Waals surface area contributed by atoms with Gasteiger partial charge < -0.3 is 4.74 Å². The zero-order valence-electron chi connectivity index (χ0n) is 12.0. The zero-order valence-corrected chi connectivity index (χ0v) is 12.0. The summed E-state index contributed by atoms with van der Waals surface area (Å²) in [6.07, 6.45) is 1.58. The van der Waals surface area contributed by atoms with Crippen molar-refractivity contribution in [3.8, 4) is 0 Å². The lowest BCUT2D eigenvalue weighted by atomic mass is 9.92. The summed E-state index contributed by atoms with van der Waals surface area (Å²) in [5.41, 5.74) is 0.604. The van der Waals surface area contributed by atoms with Crippen LogP contribution in [-0.2, 0) is 4.74 Å². The quantitative estimate of drug-likeness (QED) is 0.303. The van der Waals surface area contributed by atoms with Crippen LogP contribution in [0, 0.1) is 0 Å². The number of carbonyl (C=O) groups excluding carboxylic acids is 1. The summed E-state index contributed by atoms with van der Waals surface area (Å²) in [4.78, 5) is 12.3. The van der Waals surface area contributed by atoms with Crippen molar-refractivity contribution in [3.05, 3.63) is 72.8 Å². The van der Waals surface area contributed by atoms with Gasteiger partial charge in [-0.15, -0.1) is 0 Å². The molecule has 4 rings (SSSR count). The standard InChI is InChI=1S/C20H14O2/c1-2-12-22-20(21)17-11-9-15-7-6-13-4-3-5-14-8-10-16(17)19(15)18(13)14/h2-11H,1,12H2. The van der Waals surface area contributed by atoms with Crippen molar-refractivity contribution in [1.29, 1.82) is 0 Å². The first kappa shape index (κ1) is 12.8. The van der Waals surface area contributed by atoms with E-state index < -0.39 is 0 Å². The van der Waals surface area contributed by atoms with E-state index in [9.17, 15) is 4.79 Å². The van der Waals surface area contributed by atoms with Gasteiger partial charge in [0.1, 0.15) is 6.61 Å². The predicted molar refractivity (Wildman–Crippen MR) is 90.6 cm³/mol. The van der Waals surface area contributed by atoms with E-state index in [4.69, 9.17) is 4.74 Å². The maximum absolute atomic E-state index is 12.3. The number of benzene rings is 4. The Bertz CT molecular complexity index is 998. The molecule has 0 aliphatic carbocycles. The van der Waals surface area contributed by atoms with E-state index in [0.717, 1.165) is 16.2 Å². The lowest BCUT2D eigenvalue weighted by molar-refractivity contribution is 0.0552. The smallest absolute Gasteiger partial charge is 0.339 e. The van der Waals surface area contributed by atoms with E-state index in [1.165, 1.54) is 16.2 Å². The molecule has 4 aromatic rings. The van der Waals surface area contributed by atoms with Gasteiger partial charge in [-0.05, 0) is 38.4 Å². The average molecular weight is 286 g/mol. The summed E-state index contributed by atoms with van der Waals surface area (Å²) in [5.74, 6) is -0.308. The van der Waals surface area contributed by atoms with Crippen LogP contribution in [0.4, 0.5) is 0 Å². The molecule has 4 aromatic carbocycles. The summed E-state index contributed by atoms with van der Waals surface area (Å²) in [6, 6.07) is 18.4. The summed E-state index contributed by atoms with van der Waals surface area (Å²) in [7, 11) is 0. The van der Waals surface area contributed by atoms with Crippen LogP contribution in [0.2, 0.25) is 0 Å². The van der Waals surface area contributed by atoms with Crippen molar-refractivity contribution in [3.63, 3.8) is 0 Å². The molecule has 0 aliphatic rings. The van der Waals surface area contributed by atoms with Gasteiger partial charge in [-0.2, -0.15) is 0 Å². The van der Waals surface area contributed by atoms with Crippen LogP contribution in [0.3, 0.4) is 0 Å². The Kier molecular flexibility index (Phi) is 2.83. The molecule has 0 atom stereocenters. The van der Waals surface area contributed by atoms with E-state index >= 15 is 0 Å². The monoisotopic (exact) mass is 286 g/mol. The molecule has 0 bridgehead atoms. The molecule has 0 unspecified atom stereocenters. The number of ether oxygens (including phenoxy) is 1. The average Bonchev–Trinajstić information content (AvgIpc) is 2.57. The summed E-state index contributed by atoms with van der Waals surface area (Å²) in [6.45, 7) is 3.80. The molecule has 0 fully saturated rings. The maximum Gasteiger partial charge on any atom is 0.339 e. The molecule has 0 radical (unpaired) electrons. The lowest BCUT2D eigenvalue weighted by Gasteiger charge is -2.13. The Hall–Kier alpha value is -2.87. The number of hydrogen-bond donors (Lipinski definition) is 0. The van der Waals surface area contributed by atoms with Crippen LogP contribution < -0.4 is 0 Å². The molecule has 0 amide bonds. The van der Waals surface area contributed by atoms with E-state index in [2.05, 4.69) is 43.0 Å². The van der Waals surface area contributed by atoms with Crippen molar-refractivity contribution in [2.24, 2.45) is 0 Å². The van der Waals surface area contributed by atoms with Gasteiger partial charge >= 0.3 is 5.97 Å². The Morgan fingerprint density at radius 2 is 1.55 bits per heavy atom. The minimum Gasteiger partial charge on any atom is -0.458 e. The minimum atomic E-state index is -0.308. The first-order valence-corrected chi connectivity index (χ1v) is 7.24. The third kappa shape index (κ3) is 1.77. The number of hydrogen-bond acceptors (Lipinski definition) is 2. The molecule has 0 saturated heterocycles. The van der Waals surface area contributed by atoms with Crippen LogP contribution in [0.15, 0.2) is 67.3 Å². The largest absolute Gasteiger partial charge is 0.458 e. The second-order valence-electron chi connectivity index (χ2n) is 5.36. The van der Waals surface area contributed by atoms with Gasteiger partial charge in [0.15, 0.2) is 0 Å². The highest BCUT2D eigenvalue weighted by Crippen LogP contribution is 2.35. The van der Waals surface area contributed by atoms with Crippen LogP contribution in [0.5, 0.6) is 0 Å². The molecule has 0 aliphatic heterocycles. The van der Waals surface area contributed by atoms with Gasteiger partial charge in [-0.1, -0.05) is 61.2 Å². The molecule has 22 heavy (non-hydrogen) atoms. The third-order valence-electron chi connectivity index (χ3n) is 4.08. The van der Waals surface area contributed by atoms with Gasteiger partial charge in [0.2, 0.25) is 0 Å². The molecule has 106 valence electrons. The lowest BCUT2D eigenvalue weighted by Crippen LogP contribution is -2.06. The van der Waals surface area contributed by atoms with E-state index in [-0.39, 0.29) is 12.6 Å². The highest BCUT2D eigenvalue weighted by atomic mass is 16.5. The van der Waals surface area contributed by atoms with Gasteiger partial charge in [0, 0.05) is 0 Å². The molecule has 0 heterocycles. The Morgan fingerprint density at radius 3 is 2.27 bits per heavy atom. The van der Waals surface area contributed by atoms with E-state index in [0.29, 0.717) is 5.56 Å². The molecule has 0 aromatic heterocycles. The number of carbonyl (C=O) groups is 1. The fraction of sp³-hybridized carbons (Fsp3) is 0.0500. The van der Waals surface area contributed by atoms with E-state index in [1.54, 1.807) is 6.08 Å². The Balaban J connectivity index is 2.08. The molecule has 2 nitrogen and oxygen atoms in total. The molecule has 0 spiro atoms. The van der Waals surface area contributed by atoms with Crippen molar-refractivity contribution in [2.45, 2.75) is 0 Å². The van der Waals surface area contributed by atoms with Crippen LogP contribution in [0.1, 0.15) is 10.4 Å². The first-order chi connectivity index (χ1) is 10.8. The molecule has 0 N–H and O–H groups in total. The number of esters is 1. The predicted octanol–water partition coefficient (Wildman–Crippen LogP) is 4.93. The number of rotatable bonds is 3. The highest BCUT2D eigenvalue weighted by molar-refractivity contribution is 6.25. The minimum absolute atomic E-state index is 0.223. The fourth-order valence-corrected chi connectivity index (χ4v) is 3.13. The molecule has 0 saturated carbocycles. The van der Waals surface area contributed by atoms with Gasteiger partial charge in [-0.3, -0.25) is 0 Å². The first-order valence-electron chi connectivity index (χ1n) is 7.24. The zero-order chi connectivity index (χ0) is 15.1. The Labute approximate surface area is 128 Å². The van der Waals surface area contributed by atoms with Crippen molar-refractivity contribution >= 4 is 38.3 Å². The van der Waals surface area contributed by atoms with Crippen molar-refractivity contribution < 1.29 is 9.53 Å². The SMILES string of the molecule is C=CCOC(=O)c1ccc2ccc3cccc4ccc1c2c34. The van der Waals surface area contributed by atoms with Gasteiger partial charge in [0.05, 0.1) is 5.56 Å². The Morgan fingerprint density at radius 1 is 0.909 bits per heavy atom. The highest BCUT2D eigenvalue weighted by Gasteiger charge is 2.15. The third-order valence-corrected chi connectivity index (χ3v) is 4.08. The summed E-state index contributed by atoms with van der Waals surface area (Å²) < 4.78 is 5.21. The second-order valence-corrected chi connectivity index (χ2v) is 5.36. The van der Waals surface area contributed by atoms with Crippen LogP contribution >= 0.6 is 0 Å². The van der Waals surface area contributed by atoms with E-state index in [1.807, 2.05) is 18.2 Å². The van der Waals surface area contributed by atoms with Gasteiger partial charge in [0.25, 0.3) is 0 Å². The molecular weight excluding hydrogens is 272 g/mol. The normalized spacial score (nSPS) is 11.3. The topological polar surface area (TPSA) is 26.3 Å². The van der Waals surface area contributed by atoms with Gasteiger partial charge in [-0.25, -0.2) is 4.79 Å². The summed E-state index contributed by atoms with van der Waals surface area (Å²) >= 11 is 0.